The monoisotopic (exact) mass is 258 g/mol. The summed E-state index contributed by atoms with van der Waals surface area (Å²) in [4.78, 5) is 0.919. The number of aliphatic hydroxyl groups is 1. The van der Waals surface area contributed by atoms with Crippen molar-refractivity contribution in [2.24, 2.45) is 0 Å². The van der Waals surface area contributed by atoms with Gasteiger partial charge in [0.15, 0.2) is 4.67 Å². The summed E-state index contributed by atoms with van der Waals surface area (Å²) in [5.74, 6) is 0. The third-order valence-corrected chi connectivity index (χ3v) is 3.32. The second-order valence-corrected chi connectivity index (χ2v) is 4.27. The predicted molar refractivity (Wildman–Crippen MR) is 54.8 cm³/mol. The van der Waals surface area contributed by atoms with Crippen molar-refractivity contribution in [2.45, 2.75) is 6.10 Å². The topological polar surface area (TPSA) is 33.4 Å². The van der Waals surface area contributed by atoms with Crippen molar-refractivity contribution >= 4 is 27.3 Å². The van der Waals surface area contributed by atoms with Crippen molar-refractivity contribution < 1.29 is 9.52 Å². The number of aliphatic hydroxyl groups excluding tert-OH is 1. The van der Waals surface area contributed by atoms with E-state index in [0.717, 1.165) is 10.4 Å². The summed E-state index contributed by atoms with van der Waals surface area (Å²) in [5, 5.41) is 11.8. The van der Waals surface area contributed by atoms with E-state index < -0.39 is 6.10 Å². The van der Waals surface area contributed by atoms with Crippen molar-refractivity contribution in [1.29, 1.82) is 0 Å². The molecule has 0 saturated heterocycles. The Hall–Kier alpha value is -0.580. The Morgan fingerprint density at radius 2 is 2.31 bits per heavy atom. The predicted octanol–water partition coefficient (Wildman–Crippen LogP) is 3.19. The molecule has 1 unspecified atom stereocenters. The molecule has 0 fully saturated rings. The molecular weight excluding hydrogens is 252 g/mol. The number of hydrogen-bond donors (Lipinski definition) is 1. The van der Waals surface area contributed by atoms with E-state index in [9.17, 15) is 5.11 Å². The summed E-state index contributed by atoms with van der Waals surface area (Å²) < 4.78 is 5.64. The normalized spacial score (nSPS) is 13.1. The first kappa shape index (κ1) is 8.99. The van der Waals surface area contributed by atoms with Gasteiger partial charge in [0.1, 0.15) is 6.10 Å². The molecule has 0 aliphatic carbocycles. The number of thiophene rings is 1. The summed E-state index contributed by atoms with van der Waals surface area (Å²) in [6, 6.07) is 5.57. The second kappa shape index (κ2) is 3.65. The van der Waals surface area contributed by atoms with E-state index in [4.69, 9.17) is 4.42 Å². The van der Waals surface area contributed by atoms with E-state index in [1.54, 1.807) is 12.3 Å². The average Bonchev–Trinajstić information content (AvgIpc) is 2.72. The van der Waals surface area contributed by atoms with Crippen LogP contribution >= 0.6 is 27.3 Å². The van der Waals surface area contributed by atoms with Gasteiger partial charge in [0.05, 0.1) is 6.26 Å². The van der Waals surface area contributed by atoms with Crippen molar-refractivity contribution in [3.8, 4) is 0 Å². The quantitative estimate of drug-likeness (QED) is 0.898. The maximum Gasteiger partial charge on any atom is 0.175 e. The smallest absolute Gasteiger partial charge is 0.175 e. The molecule has 0 aliphatic heterocycles. The van der Waals surface area contributed by atoms with Gasteiger partial charge in [-0.3, -0.25) is 0 Å². The van der Waals surface area contributed by atoms with E-state index >= 15 is 0 Å². The standard InChI is InChI=1S/C9H7BrO2S/c10-9-6(3-4-12-9)8(11)7-2-1-5-13-7/h1-5,8,11H. The molecule has 0 saturated carbocycles. The zero-order valence-corrected chi connectivity index (χ0v) is 9.01. The third kappa shape index (κ3) is 1.70. The van der Waals surface area contributed by atoms with E-state index in [-0.39, 0.29) is 0 Å². The molecule has 2 nitrogen and oxygen atoms in total. The van der Waals surface area contributed by atoms with Crippen LogP contribution in [0.5, 0.6) is 0 Å². The number of hydrogen-bond acceptors (Lipinski definition) is 3. The van der Waals surface area contributed by atoms with Crippen LogP contribution in [0.2, 0.25) is 0 Å². The van der Waals surface area contributed by atoms with Gasteiger partial charge < -0.3 is 9.52 Å². The van der Waals surface area contributed by atoms with Crippen LogP contribution in [0.4, 0.5) is 0 Å². The SMILES string of the molecule is OC(c1cccs1)c1ccoc1Br. The molecule has 0 aliphatic rings. The Balaban J connectivity index is 2.33. The summed E-state index contributed by atoms with van der Waals surface area (Å²) in [6.07, 6.45) is 0.962. The van der Waals surface area contributed by atoms with Crippen LogP contribution in [-0.4, -0.2) is 5.11 Å². The van der Waals surface area contributed by atoms with Crippen molar-refractivity contribution in [3.05, 3.63) is 45.0 Å². The number of halogens is 1. The molecule has 0 bridgehead atoms. The number of furan rings is 1. The zero-order valence-electron chi connectivity index (χ0n) is 6.61. The third-order valence-electron chi connectivity index (χ3n) is 1.75. The Labute approximate surface area is 87.9 Å². The molecule has 1 N–H and O–H groups in total. The van der Waals surface area contributed by atoms with Crippen LogP contribution in [0, 0.1) is 0 Å². The fourth-order valence-electron chi connectivity index (χ4n) is 1.10. The Morgan fingerprint density at radius 3 is 2.85 bits per heavy atom. The minimum absolute atomic E-state index is 0.590. The van der Waals surface area contributed by atoms with Gasteiger partial charge in [-0.15, -0.1) is 11.3 Å². The Kier molecular flexibility index (Phi) is 2.53. The van der Waals surface area contributed by atoms with Crippen molar-refractivity contribution in [1.82, 2.24) is 0 Å². The molecule has 2 aromatic heterocycles. The molecule has 2 rings (SSSR count). The maximum atomic E-state index is 9.87. The maximum absolute atomic E-state index is 9.87. The fraction of sp³-hybridized carbons (Fsp3) is 0.111. The highest BCUT2D eigenvalue weighted by molar-refractivity contribution is 9.10. The molecule has 13 heavy (non-hydrogen) atoms. The van der Waals surface area contributed by atoms with Crippen LogP contribution < -0.4 is 0 Å². The first-order valence-electron chi connectivity index (χ1n) is 3.73. The van der Waals surface area contributed by atoms with E-state index in [1.807, 2.05) is 17.5 Å². The van der Waals surface area contributed by atoms with E-state index in [0.29, 0.717) is 4.67 Å². The van der Waals surface area contributed by atoms with Crippen LogP contribution in [-0.2, 0) is 0 Å². The lowest BCUT2D eigenvalue weighted by Gasteiger charge is -2.05. The molecule has 0 spiro atoms. The Bertz CT molecular complexity index is 380. The molecule has 2 heterocycles. The van der Waals surface area contributed by atoms with Gasteiger partial charge in [0.2, 0.25) is 0 Å². The van der Waals surface area contributed by atoms with E-state index in [2.05, 4.69) is 15.9 Å². The molecular formula is C9H7BrO2S. The number of rotatable bonds is 2. The van der Waals surface area contributed by atoms with Crippen molar-refractivity contribution in [2.75, 3.05) is 0 Å². The van der Waals surface area contributed by atoms with Crippen molar-refractivity contribution in [3.63, 3.8) is 0 Å². The summed E-state index contributed by atoms with van der Waals surface area (Å²) in [7, 11) is 0. The minimum atomic E-state index is -0.590. The first-order chi connectivity index (χ1) is 6.29. The average molecular weight is 259 g/mol. The molecule has 1 atom stereocenters. The highest BCUT2D eigenvalue weighted by atomic mass is 79.9. The molecule has 68 valence electrons. The van der Waals surface area contributed by atoms with E-state index in [1.165, 1.54) is 11.3 Å². The highest BCUT2D eigenvalue weighted by Gasteiger charge is 2.16. The van der Waals surface area contributed by atoms with Crippen LogP contribution in [0.25, 0.3) is 0 Å². The Morgan fingerprint density at radius 1 is 1.46 bits per heavy atom. The van der Waals surface area contributed by atoms with Gasteiger partial charge >= 0.3 is 0 Å². The second-order valence-electron chi connectivity index (χ2n) is 2.57. The minimum Gasteiger partial charge on any atom is -0.457 e. The van der Waals surface area contributed by atoms with Crippen LogP contribution in [0.15, 0.2) is 38.9 Å². The summed E-state index contributed by atoms with van der Waals surface area (Å²) in [5.41, 5.74) is 0.766. The lowest BCUT2D eigenvalue weighted by atomic mass is 10.2. The van der Waals surface area contributed by atoms with Gasteiger partial charge in [0.25, 0.3) is 0 Å². The van der Waals surface area contributed by atoms with Crippen LogP contribution in [0.3, 0.4) is 0 Å². The van der Waals surface area contributed by atoms with Gasteiger partial charge in [-0.25, -0.2) is 0 Å². The van der Waals surface area contributed by atoms with Crippen LogP contribution in [0.1, 0.15) is 16.5 Å². The molecule has 0 aromatic carbocycles. The largest absolute Gasteiger partial charge is 0.457 e. The molecule has 4 heteroatoms. The molecule has 2 aromatic rings. The first-order valence-corrected chi connectivity index (χ1v) is 5.40. The molecule has 0 radical (unpaired) electrons. The fourth-order valence-corrected chi connectivity index (χ4v) is 2.28. The van der Waals surface area contributed by atoms with Gasteiger partial charge in [0, 0.05) is 10.4 Å². The lowest BCUT2D eigenvalue weighted by Crippen LogP contribution is -1.95. The highest BCUT2D eigenvalue weighted by Crippen LogP contribution is 2.31. The molecule has 0 amide bonds. The van der Waals surface area contributed by atoms with Gasteiger partial charge in [-0.2, -0.15) is 0 Å². The van der Waals surface area contributed by atoms with Gasteiger partial charge in [-0.1, -0.05) is 6.07 Å². The zero-order chi connectivity index (χ0) is 9.26. The summed E-state index contributed by atoms with van der Waals surface area (Å²) in [6.45, 7) is 0. The lowest BCUT2D eigenvalue weighted by molar-refractivity contribution is 0.222. The summed E-state index contributed by atoms with van der Waals surface area (Å²) >= 11 is 4.76. The van der Waals surface area contributed by atoms with Gasteiger partial charge in [-0.05, 0) is 33.4 Å².